The minimum atomic E-state index is 0.591. The number of aromatic nitrogens is 1. The summed E-state index contributed by atoms with van der Waals surface area (Å²) >= 11 is 0. The number of para-hydroxylation sites is 1. The van der Waals surface area contributed by atoms with Crippen molar-refractivity contribution in [2.45, 2.75) is 46.6 Å². The molecule has 0 saturated heterocycles. The van der Waals surface area contributed by atoms with E-state index in [-0.39, 0.29) is 0 Å². The van der Waals surface area contributed by atoms with E-state index in [0.29, 0.717) is 6.54 Å². The van der Waals surface area contributed by atoms with E-state index in [9.17, 15) is 0 Å². The summed E-state index contributed by atoms with van der Waals surface area (Å²) in [6, 6.07) is 10.3. The SMILES string of the molecule is CCNC(=NCc1c(CC)noc1CC)NCCCNc1ccccc1. The van der Waals surface area contributed by atoms with Crippen molar-refractivity contribution in [1.82, 2.24) is 15.8 Å². The van der Waals surface area contributed by atoms with Crippen LogP contribution in [0, 0.1) is 0 Å². The molecule has 0 fully saturated rings. The molecule has 6 heteroatoms. The molecule has 2 aromatic rings. The molecule has 6 nitrogen and oxygen atoms in total. The van der Waals surface area contributed by atoms with Gasteiger partial charge in [0.2, 0.25) is 0 Å². The van der Waals surface area contributed by atoms with Gasteiger partial charge in [-0.25, -0.2) is 4.99 Å². The van der Waals surface area contributed by atoms with Crippen LogP contribution in [0.15, 0.2) is 39.8 Å². The van der Waals surface area contributed by atoms with Gasteiger partial charge in [-0.05, 0) is 31.9 Å². The number of benzene rings is 1. The summed E-state index contributed by atoms with van der Waals surface area (Å²) in [6.45, 7) is 9.44. The summed E-state index contributed by atoms with van der Waals surface area (Å²) in [5.74, 6) is 1.77. The predicted molar refractivity (Wildman–Crippen MR) is 108 cm³/mol. The number of nitrogens with zero attached hydrogens (tertiary/aromatic N) is 2. The molecule has 0 amide bonds. The van der Waals surface area contributed by atoms with Crippen LogP contribution in [0.3, 0.4) is 0 Å². The van der Waals surface area contributed by atoms with E-state index in [4.69, 9.17) is 9.52 Å². The predicted octanol–water partition coefficient (Wildman–Crippen LogP) is 3.36. The van der Waals surface area contributed by atoms with Crippen molar-refractivity contribution in [2.75, 3.05) is 25.0 Å². The third-order valence-electron chi connectivity index (χ3n) is 4.10. The minimum Gasteiger partial charge on any atom is -0.385 e. The van der Waals surface area contributed by atoms with E-state index in [1.54, 1.807) is 0 Å². The Kier molecular flexibility index (Phi) is 8.52. The lowest BCUT2D eigenvalue weighted by Crippen LogP contribution is -2.38. The molecule has 1 aromatic heterocycles. The molecule has 0 spiro atoms. The standard InChI is InChI=1S/C20H31N5O/c1-4-18-17(19(5-2)26-25-18)15-24-20(21-6-3)23-14-10-13-22-16-11-8-7-9-12-16/h7-9,11-12,22H,4-6,10,13-15H2,1-3H3,(H2,21,23,24). The topological polar surface area (TPSA) is 74.5 Å². The lowest BCUT2D eigenvalue weighted by atomic mass is 10.1. The quantitative estimate of drug-likeness (QED) is 0.345. The second kappa shape index (κ2) is 11.2. The van der Waals surface area contributed by atoms with Crippen molar-refractivity contribution < 1.29 is 4.52 Å². The first-order chi connectivity index (χ1) is 12.8. The monoisotopic (exact) mass is 357 g/mol. The summed E-state index contributed by atoms with van der Waals surface area (Å²) in [7, 11) is 0. The van der Waals surface area contributed by atoms with Gasteiger partial charge >= 0.3 is 0 Å². The molecule has 0 saturated carbocycles. The van der Waals surface area contributed by atoms with Crippen molar-refractivity contribution in [2.24, 2.45) is 4.99 Å². The van der Waals surface area contributed by atoms with Gasteiger partial charge in [0.25, 0.3) is 0 Å². The van der Waals surface area contributed by atoms with Crippen molar-refractivity contribution in [3.8, 4) is 0 Å². The van der Waals surface area contributed by atoms with Gasteiger partial charge in [-0.1, -0.05) is 37.2 Å². The number of aryl methyl sites for hydroxylation is 2. The number of nitrogens with one attached hydrogen (secondary N) is 3. The summed E-state index contributed by atoms with van der Waals surface area (Å²) in [5, 5.41) is 14.3. The highest BCUT2D eigenvalue weighted by molar-refractivity contribution is 5.79. The van der Waals surface area contributed by atoms with E-state index in [2.05, 4.69) is 54.0 Å². The van der Waals surface area contributed by atoms with Crippen LogP contribution in [-0.4, -0.2) is 30.8 Å². The molecule has 0 aliphatic heterocycles. The molecule has 1 heterocycles. The highest BCUT2D eigenvalue weighted by atomic mass is 16.5. The lowest BCUT2D eigenvalue weighted by Gasteiger charge is -2.12. The number of aliphatic imine (C=N–C) groups is 1. The summed E-state index contributed by atoms with van der Waals surface area (Å²) in [4.78, 5) is 4.70. The zero-order valence-corrected chi connectivity index (χ0v) is 16.1. The number of guanidine groups is 1. The number of hydrogen-bond acceptors (Lipinski definition) is 4. The van der Waals surface area contributed by atoms with Crippen molar-refractivity contribution in [3.05, 3.63) is 47.3 Å². The second-order valence-electron chi connectivity index (χ2n) is 6.01. The van der Waals surface area contributed by atoms with Crippen LogP contribution < -0.4 is 16.0 Å². The van der Waals surface area contributed by atoms with Crippen molar-refractivity contribution in [1.29, 1.82) is 0 Å². The first kappa shape index (κ1) is 19.8. The van der Waals surface area contributed by atoms with Gasteiger partial charge in [-0.2, -0.15) is 0 Å². The third kappa shape index (κ3) is 6.10. The van der Waals surface area contributed by atoms with Gasteiger partial charge in [0.15, 0.2) is 5.96 Å². The second-order valence-corrected chi connectivity index (χ2v) is 6.01. The zero-order chi connectivity index (χ0) is 18.6. The fourth-order valence-corrected chi connectivity index (χ4v) is 2.70. The highest BCUT2D eigenvalue weighted by Gasteiger charge is 2.12. The Balaban J connectivity index is 1.82. The van der Waals surface area contributed by atoms with Gasteiger partial charge in [-0.15, -0.1) is 0 Å². The van der Waals surface area contributed by atoms with Gasteiger partial charge in [0, 0.05) is 37.3 Å². The van der Waals surface area contributed by atoms with E-state index >= 15 is 0 Å². The minimum absolute atomic E-state index is 0.591. The molecule has 0 atom stereocenters. The Hall–Kier alpha value is -2.50. The first-order valence-electron chi connectivity index (χ1n) is 9.55. The fourth-order valence-electron chi connectivity index (χ4n) is 2.70. The van der Waals surface area contributed by atoms with Crippen LogP contribution in [0.25, 0.3) is 0 Å². The Morgan fingerprint density at radius 1 is 1.04 bits per heavy atom. The summed E-state index contributed by atoms with van der Waals surface area (Å²) in [6.07, 6.45) is 2.71. The average Bonchev–Trinajstić information content (AvgIpc) is 3.08. The molecule has 2 rings (SSSR count). The maximum atomic E-state index is 5.41. The molecule has 142 valence electrons. The maximum absolute atomic E-state index is 5.41. The summed E-state index contributed by atoms with van der Waals surface area (Å²) in [5.41, 5.74) is 3.28. The highest BCUT2D eigenvalue weighted by Crippen LogP contribution is 2.16. The number of hydrogen-bond donors (Lipinski definition) is 3. The molecule has 0 aliphatic rings. The normalized spacial score (nSPS) is 11.4. The van der Waals surface area contributed by atoms with Gasteiger partial charge in [0.05, 0.1) is 12.2 Å². The Labute approximate surface area is 156 Å². The summed E-state index contributed by atoms with van der Waals surface area (Å²) < 4.78 is 5.41. The van der Waals surface area contributed by atoms with Crippen LogP contribution in [0.1, 0.15) is 44.2 Å². The Morgan fingerprint density at radius 3 is 2.54 bits per heavy atom. The average molecular weight is 358 g/mol. The number of rotatable bonds is 10. The largest absolute Gasteiger partial charge is 0.385 e. The Morgan fingerprint density at radius 2 is 1.85 bits per heavy atom. The van der Waals surface area contributed by atoms with E-state index < -0.39 is 0 Å². The van der Waals surface area contributed by atoms with Crippen molar-refractivity contribution >= 4 is 11.6 Å². The van der Waals surface area contributed by atoms with Gasteiger partial charge in [-0.3, -0.25) is 0 Å². The molecule has 0 bridgehead atoms. The van der Waals surface area contributed by atoms with Gasteiger partial charge < -0.3 is 20.5 Å². The van der Waals surface area contributed by atoms with Crippen molar-refractivity contribution in [3.63, 3.8) is 0 Å². The van der Waals surface area contributed by atoms with Crippen LogP contribution >= 0.6 is 0 Å². The molecular formula is C20H31N5O. The molecule has 26 heavy (non-hydrogen) atoms. The zero-order valence-electron chi connectivity index (χ0n) is 16.1. The number of anilines is 1. The first-order valence-corrected chi connectivity index (χ1v) is 9.55. The molecule has 3 N–H and O–H groups in total. The molecule has 0 aliphatic carbocycles. The van der Waals surface area contributed by atoms with E-state index in [1.165, 1.54) is 0 Å². The maximum Gasteiger partial charge on any atom is 0.191 e. The molecule has 0 unspecified atom stereocenters. The molecule has 1 aromatic carbocycles. The van der Waals surface area contributed by atoms with Crippen LogP contribution in [0.2, 0.25) is 0 Å². The molecule has 0 radical (unpaired) electrons. The fraction of sp³-hybridized carbons (Fsp3) is 0.500. The smallest absolute Gasteiger partial charge is 0.191 e. The third-order valence-corrected chi connectivity index (χ3v) is 4.10. The Bertz CT molecular complexity index is 645. The van der Waals surface area contributed by atoms with E-state index in [1.807, 2.05) is 18.2 Å². The molecular weight excluding hydrogens is 326 g/mol. The lowest BCUT2D eigenvalue weighted by molar-refractivity contribution is 0.380. The van der Waals surface area contributed by atoms with Crippen LogP contribution in [-0.2, 0) is 19.4 Å². The van der Waals surface area contributed by atoms with Gasteiger partial charge in [0.1, 0.15) is 5.76 Å². The van der Waals surface area contributed by atoms with Crippen LogP contribution in [0.5, 0.6) is 0 Å². The van der Waals surface area contributed by atoms with Crippen LogP contribution in [0.4, 0.5) is 5.69 Å². The van der Waals surface area contributed by atoms with E-state index in [0.717, 1.165) is 67.6 Å².